The highest BCUT2D eigenvalue weighted by atomic mass is 32.2. The van der Waals surface area contributed by atoms with E-state index in [0.717, 1.165) is 11.3 Å². The SMILES string of the molecule is CCN(CC)S(=O)(=O)c1ccc2c(c1)nc(CCC(=O)Nc1cccc(OC)c1)n2CC. The molecule has 0 fully saturated rings. The molecule has 0 unspecified atom stereocenters. The van der Waals surface area contributed by atoms with Crippen LogP contribution < -0.4 is 10.1 Å². The van der Waals surface area contributed by atoms with Gasteiger partial charge in [-0.05, 0) is 37.3 Å². The molecular weight excluding hydrogens is 428 g/mol. The van der Waals surface area contributed by atoms with Crippen LogP contribution in [0.3, 0.4) is 0 Å². The number of aromatic nitrogens is 2. The Hall–Kier alpha value is -2.91. The van der Waals surface area contributed by atoms with Gasteiger partial charge in [0.1, 0.15) is 11.6 Å². The lowest BCUT2D eigenvalue weighted by atomic mass is 10.2. The molecule has 2 aromatic carbocycles. The molecule has 9 heteroatoms. The van der Waals surface area contributed by atoms with E-state index in [1.54, 1.807) is 37.4 Å². The summed E-state index contributed by atoms with van der Waals surface area (Å²) in [6.07, 6.45) is 0.696. The summed E-state index contributed by atoms with van der Waals surface area (Å²) in [5.74, 6) is 1.30. The summed E-state index contributed by atoms with van der Waals surface area (Å²) in [7, 11) is -1.98. The second-order valence-electron chi connectivity index (χ2n) is 7.29. The number of ether oxygens (including phenoxy) is 1. The molecule has 0 atom stereocenters. The highest BCUT2D eigenvalue weighted by molar-refractivity contribution is 7.89. The van der Waals surface area contributed by atoms with Gasteiger partial charge < -0.3 is 14.6 Å². The highest BCUT2D eigenvalue weighted by Crippen LogP contribution is 2.24. The molecule has 8 nitrogen and oxygen atoms in total. The van der Waals surface area contributed by atoms with Gasteiger partial charge in [0.25, 0.3) is 0 Å². The average molecular weight is 459 g/mol. The number of rotatable bonds is 10. The Labute approximate surface area is 189 Å². The first kappa shape index (κ1) is 23.7. The number of methoxy groups -OCH3 is 1. The molecule has 172 valence electrons. The summed E-state index contributed by atoms with van der Waals surface area (Å²) in [5, 5.41) is 2.87. The molecule has 0 aliphatic rings. The molecule has 1 N–H and O–H groups in total. The van der Waals surface area contributed by atoms with Crippen molar-refractivity contribution in [3.63, 3.8) is 0 Å². The Morgan fingerprint density at radius 1 is 1.12 bits per heavy atom. The lowest BCUT2D eigenvalue weighted by molar-refractivity contribution is -0.116. The van der Waals surface area contributed by atoms with E-state index >= 15 is 0 Å². The van der Waals surface area contributed by atoms with E-state index < -0.39 is 10.0 Å². The van der Waals surface area contributed by atoms with Crippen LogP contribution >= 0.6 is 0 Å². The molecule has 1 aromatic heterocycles. The molecule has 0 spiro atoms. The zero-order valence-electron chi connectivity index (χ0n) is 19.0. The van der Waals surface area contributed by atoms with Crippen molar-refractivity contribution in [1.29, 1.82) is 0 Å². The number of nitrogens with zero attached hydrogens (tertiary/aromatic N) is 3. The highest BCUT2D eigenvalue weighted by Gasteiger charge is 2.23. The number of hydrogen-bond acceptors (Lipinski definition) is 5. The molecule has 0 aliphatic heterocycles. The standard InChI is InChI=1S/C23H30N4O4S/c1-5-26(6-2)32(29,30)19-11-12-21-20(16-19)25-22(27(21)7-3)13-14-23(28)24-17-9-8-10-18(15-17)31-4/h8-12,15-16H,5-7,13-14H2,1-4H3,(H,24,28). The fourth-order valence-corrected chi connectivity index (χ4v) is 5.20. The van der Waals surface area contributed by atoms with Crippen molar-refractivity contribution in [1.82, 2.24) is 13.9 Å². The van der Waals surface area contributed by atoms with E-state index in [1.807, 2.05) is 37.5 Å². The third-order valence-corrected chi connectivity index (χ3v) is 7.43. The minimum absolute atomic E-state index is 0.127. The van der Waals surface area contributed by atoms with E-state index in [9.17, 15) is 13.2 Å². The average Bonchev–Trinajstić information content (AvgIpc) is 3.15. The van der Waals surface area contributed by atoms with Crippen molar-refractivity contribution in [2.75, 3.05) is 25.5 Å². The Balaban J connectivity index is 1.80. The molecule has 3 aromatic rings. The molecule has 1 heterocycles. The van der Waals surface area contributed by atoms with Crippen molar-refractivity contribution in [2.24, 2.45) is 0 Å². The van der Waals surface area contributed by atoms with Gasteiger partial charge in [0.2, 0.25) is 15.9 Å². The number of aryl methyl sites for hydroxylation is 2. The van der Waals surface area contributed by atoms with Gasteiger partial charge in [0.15, 0.2) is 0 Å². The van der Waals surface area contributed by atoms with Gasteiger partial charge in [-0.3, -0.25) is 4.79 Å². The van der Waals surface area contributed by atoms with E-state index in [1.165, 1.54) is 4.31 Å². The third kappa shape index (κ3) is 4.94. The van der Waals surface area contributed by atoms with Crippen molar-refractivity contribution in [2.45, 2.75) is 45.1 Å². The first-order chi connectivity index (χ1) is 15.3. The largest absolute Gasteiger partial charge is 0.497 e. The van der Waals surface area contributed by atoms with Crippen molar-refractivity contribution in [3.05, 3.63) is 48.3 Å². The van der Waals surface area contributed by atoms with Crippen LogP contribution in [0.4, 0.5) is 5.69 Å². The Bertz CT molecular complexity index is 1200. The van der Waals surface area contributed by atoms with Crippen LogP contribution in [0.1, 0.15) is 33.0 Å². The van der Waals surface area contributed by atoms with Gasteiger partial charge in [-0.15, -0.1) is 0 Å². The van der Waals surface area contributed by atoms with E-state index in [-0.39, 0.29) is 17.2 Å². The quantitative estimate of drug-likeness (QED) is 0.500. The number of imidazole rings is 1. The van der Waals surface area contributed by atoms with Crippen molar-refractivity contribution >= 4 is 32.7 Å². The van der Waals surface area contributed by atoms with Crippen LogP contribution in [0.2, 0.25) is 0 Å². The number of benzene rings is 2. The number of hydrogen-bond donors (Lipinski definition) is 1. The number of carbonyl (C=O) groups is 1. The zero-order valence-corrected chi connectivity index (χ0v) is 19.8. The molecule has 3 rings (SSSR count). The fraction of sp³-hybridized carbons (Fsp3) is 0.391. The van der Waals surface area contributed by atoms with Gasteiger partial charge in [-0.1, -0.05) is 19.9 Å². The Kier molecular flexibility index (Phi) is 7.52. The summed E-state index contributed by atoms with van der Waals surface area (Å²) in [6, 6.07) is 12.2. The molecular formula is C23H30N4O4S. The van der Waals surface area contributed by atoms with Crippen molar-refractivity contribution < 1.29 is 17.9 Å². The molecule has 0 saturated carbocycles. The minimum Gasteiger partial charge on any atom is -0.497 e. The van der Waals surface area contributed by atoms with E-state index in [2.05, 4.69) is 10.3 Å². The summed E-state index contributed by atoms with van der Waals surface area (Å²) >= 11 is 0. The number of amides is 1. The van der Waals surface area contributed by atoms with Gasteiger partial charge >= 0.3 is 0 Å². The zero-order chi connectivity index (χ0) is 23.3. The lowest BCUT2D eigenvalue weighted by Gasteiger charge is -2.18. The number of carbonyl (C=O) groups excluding carboxylic acids is 1. The van der Waals surface area contributed by atoms with Gasteiger partial charge in [0.05, 0.1) is 23.0 Å². The smallest absolute Gasteiger partial charge is 0.243 e. The molecule has 32 heavy (non-hydrogen) atoms. The predicted octanol–water partition coefficient (Wildman–Crippen LogP) is 3.67. The summed E-state index contributed by atoms with van der Waals surface area (Å²) in [4.78, 5) is 17.3. The lowest BCUT2D eigenvalue weighted by Crippen LogP contribution is -2.30. The van der Waals surface area contributed by atoms with Gasteiger partial charge in [0, 0.05) is 44.2 Å². The molecule has 0 aliphatic carbocycles. The van der Waals surface area contributed by atoms with Crippen molar-refractivity contribution in [3.8, 4) is 5.75 Å². The van der Waals surface area contributed by atoms with Crippen LogP contribution in [-0.4, -0.2) is 48.4 Å². The summed E-state index contributed by atoms with van der Waals surface area (Å²) in [5.41, 5.74) is 2.14. The first-order valence-corrected chi connectivity index (χ1v) is 12.2. The molecule has 0 radical (unpaired) electrons. The fourth-order valence-electron chi connectivity index (χ4n) is 3.73. The number of fused-ring (bicyclic) bond motifs is 1. The maximum Gasteiger partial charge on any atom is 0.243 e. The topological polar surface area (TPSA) is 93.5 Å². The number of nitrogens with one attached hydrogen (secondary N) is 1. The van der Waals surface area contributed by atoms with Crippen LogP contribution in [0, 0.1) is 0 Å². The second-order valence-corrected chi connectivity index (χ2v) is 9.23. The van der Waals surface area contributed by atoms with Crippen LogP contribution in [0.5, 0.6) is 5.75 Å². The van der Waals surface area contributed by atoms with Crippen LogP contribution in [0.25, 0.3) is 11.0 Å². The maximum absolute atomic E-state index is 12.9. The summed E-state index contributed by atoms with van der Waals surface area (Å²) in [6.45, 7) is 7.13. The molecule has 0 bridgehead atoms. The predicted molar refractivity (Wildman–Crippen MR) is 125 cm³/mol. The molecule has 1 amide bonds. The normalized spacial score (nSPS) is 11.8. The number of sulfonamides is 1. The maximum atomic E-state index is 12.9. The third-order valence-electron chi connectivity index (χ3n) is 5.39. The Morgan fingerprint density at radius 3 is 2.53 bits per heavy atom. The minimum atomic E-state index is -3.56. The molecule has 0 saturated heterocycles. The van der Waals surface area contributed by atoms with E-state index in [4.69, 9.17) is 4.74 Å². The van der Waals surface area contributed by atoms with Gasteiger partial charge in [-0.25, -0.2) is 13.4 Å². The van der Waals surface area contributed by atoms with Gasteiger partial charge in [-0.2, -0.15) is 4.31 Å². The Morgan fingerprint density at radius 2 is 1.88 bits per heavy atom. The van der Waals surface area contributed by atoms with Crippen LogP contribution in [0.15, 0.2) is 47.4 Å². The second kappa shape index (κ2) is 10.1. The summed E-state index contributed by atoms with van der Waals surface area (Å²) < 4.78 is 34.3. The first-order valence-electron chi connectivity index (χ1n) is 10.8. The monoisotopic (exact) mass is 458 g/mol. The number of anilines is 1. The van der Waals surface area contributed by atoms with Crippen LogP contribution in [-0.2, 0) is 27.8 Å². The van der Waals surface area contributed by atoms with E-state index in [0.29, 0.717) is 43.0 Å².